The van der Waals surface area contributed by atoms with Crippen LogP contribution in [0, 0.1) is 0 Å². The maximum absolute atomic E-state index is 11.2. The van der Waals surface area contributed by atoms with E-state index >= 15 is 0 Å². The Morgan fingerprint density at radius 2 is 2.00 bits per heavy atom. The molecular weight excluding hydrogens is 226 g/mol. The fourth-order valence-corrected chi connectivity index (χ4v) is 2.00. The van der Waals surface area contributed by atoms with Crippen LogP contribution in [0.1, 0.15) is 21.6 Å². The van der Waals surface area contributed by atoms with Crippen molar-refractivity contribution >= 4 is 5.97 Å². The molecule has 0 unspecified atom stereocenters. The van der Waals surface area contributed by atoms with Gasteiger partial charge in [0.25, 0.3) is 0 Å². The summed E-state index contributed by atoms with van der Waals surface area (Å²) in [6.07, 6.45) is 4.17. The number of carboxylic acid groups (broad SMARTS) is 1. The van der Waals surface area contributed by atoms with Crippen LogP contribution < -0.4 is 0 Å². The molecule has 0 aliphatic carbocycles. The normalized spacial score (nSPS) is 10.2. The van der Waals surface area contributed by atoms with Crippen LogP contribution in [0.3, 0.4) is 0 Å². The van der Waals surface area contributed by atoms with E-state index in [0.717, 1.165) is 11.3 Å². The standard InChI is InChI=1S/C15H15NO2/c1-2-9-16-10-8-13(15(17)18)14(16)11-12-6-4-3-5-7-12/h2-8,10H,1,9,11H2,(H,17,18). The number of carboxylic acids is 1. The third kappa shape index (κ3) is 2.51. The molecule has 1 aromatic carbocycles. The van der Waals surface area contributed by atoms with Crippen molar-refractivity contribution in [3.05, 3.63) is 72.1 Å². The third-order valence-corrected chi connectivity index (χ3v) is 2.85. The van der Waals surface area contributed by atoms with Crippen molar-refractivity contribution in [2.75, 3.05) is 0 Å². The summed E-state index contributed by atoms with van der Waals surface area (Å²) < 4.78 is 1.92. The number of allylic oxidation sites excluding steroid dienone is 1. The number of carbonyl (C=O) groups is 1. The number of benzene rings is 1. The molecule has 0 aliphatic rings. The van der Waals surface area contributed by atoms with Crippen LogP contribution in [0.25, 0.3) is 0 Å². The average molecular weight is 241 g/mol. The van der Waals surface area contributed by atoms with Gasteiger partial charge in [0.1, 0.15) is 0 Å². The quantitative estimate of drug-likeness (QED) is 0.818. The topological polar surface area (TPSA) is 42.2 Å². The molecule has 1 heterocycles. The van der Waals surface area contributed by atoms with Gasteiger partial charge in [0.2, 0.25) is 0 Å². The second-order valence-electron chi connectivity index (χ2n) is 4.08. The van der Waals surface area contributed by atoms with E-state index in [-0.39, 0.29) is 0 Å². The molecule has 18 heavy (non-hydrogen) atoms. The van der Waals surface area contributed by atoms with Gasteiger partial charge in [-0.05, 0) is 11.6 Å². The minimum atomic E-state index is -0.885. The Balaban J connectivity index is 2.37. The summed E-state index contributed by atoms with van der Waals surface area (Å²) in [5.41, 5.74) is 2.28. The van der Waals surface area contributed by atoms with Gasteiger partial charge in [-0.25, -0.2) is 4.79 Å². The van der Waals surface area contributed by atoms with Crippen molar-refractivity contribution in [3.63, 3.8) is 0 Å². The summed E-state index contributed by atoms with van der Waals surface area (Å²) in [7, 11) is 0. The molecule has 3 nitrogen and oxygen atoms in total. The molecule has 0 saturated heterocycles. The van der Waals surface area contributed by atoms with Crippen LogP contribution in [-0.2, 0) is 13.0 Å². The number of aromatic carboxylic acids is 1. The fraction of sp³-hybridized carbons (Fsp3) is 0.133. The number of hydrogen-bond acceptors (Lipinski definition) is 1. The molecule has 0 spiro atoms. The molecule has 1 N–H and O–H groups in total. The van der Waals surface area contributed by atoms with Crippen LogP contribution in [-0.4, -0.2) is 15.6 Å². The first kappa shape index (κ1) is 12.2. The van der Waals surface area contributed by atoms with Crippen molar-refractivity contribution in [1.29, 1.82) is 0 Å². The van der Waals surface area contributed by atoms with Crippen molar-refractivity contribution in [2.24, 2.45) is 0 Å². The Morgan fingerprint density at radius 1 is 1.28 bits per heavy atom. The molecule has 0 amide bonds. The van der Waals surface area contributed by atoms with E-state index in [1.165, 1.54) is 0 Å². The molecule has 2 rings (SSSR count). The third-order valence-electron chi connectivity index (χ3n) is 2.85. The highest BCUT2D eigenvalue weighted by Crippen LogP contribution is 2.16. The monoisotopic (exact) mass is 241 g/mol. The van der Waals surface area contributed by atoms with Gasteiger partial charge < -0.3 is 9.67 Å². The molecule has 92 valence electrons. The predicted octanol–water partition coefficient (Wildman–Crippen LogP) is 2.96. The zero-order valence-electron chi connectivity index (χ0n) is 10.0. The Hall–Kier alpha value is -2.29. The highest BCUT2D eigenvalue weighted by Gasteiger charge is 2.14. The van der Waals surface area contributed by atoms with E-state index in [0.29, 0.717) is 18.5 Å². The smallest absolute Gasteiger partial charge is 0.337 e. The average Bonchev–Trinajstić information content (AvgIpc) is 2.74. The van der Waals surface area contributed by atoms with Gasteiger partial charge in [0, 0.05) is 24.9 Å². The van der Waals surface area contributed by atoms with Crippen LogP contribution in [0.2, 0.25) is 0 Å². The summed E-state index contributed by atoms with van der Waals surface area (Å²) >= 11 is 0. The van der Waals surface area contributed by atoms with E-state index in [4.69, 9.17) is 0 Å². The maximum Gasteiger partial charge on any atom is 0.337 e. The first-order valence-corrected chi connectivity index (χ1v) is 5.78. The summed E-state index contributed by atoms with van der Waals surface area (Å²) in [4.78, 5) is 11.2. The minimum absolute atomic E-state index is 0.362. The van der Waals surface area contributed by atoms with Crippen LogP contribution >= 0.6 is 0 Å². The summed E-state index contributed by atoms with van der Waals surface area (Å²) in [5.74, 6) is -0.885. The van der Waals surface area contributed by atoms with Gasteiger partial charge in [0.05, 0.1) is 5.56 Å². The van der Waals surface area contributed by atoms with Gasteiger partial charge in [-0.1, -0.05) is 36.4 Å². The van der Waals surface area contributed by atoms with Crippen LogP contribution in [0.5, 0.6) is 0 Å². The number of hydrogen-bond donors (Lipinski definition) is 1. The molecule has 0 bridgehead atoms. The molecule has 2 aromatic rings. The van der Waals surface area contributed by atoms with Gasteiger partial charge in [-0.2, -0.15) is 0 Å². The van der Waals surface area contributed by atoms with Crippen LogP contribution in [0.15, 0.2) is 55.3 Å². The molecule has 3 heteroatoms. The Bertz CT molecular complexity index is 555. The fourth-order valence-electron chi connectivity index (χ4n) is 2.00. The van der Waals surface area contributed by atoms with E-state index in [9.17, 15) is 9.90 Å². The molecular formula is C15H15NO2. The molecule has 0 aliphatic heterocycles. The Labute approximate surface area is 106 Å². The number of nitrogens with zero attached hydrogens (tertiary/aromatic N) is 1. The lowest BCUT2D eigenvalue weighted by Crippen LogP contribution is -2.07. The number of aromatic nitrogens is 1. The zero-order valence-corrected chi connectivity index (χ0v) is 10.0. The molecule has 0 radical (unpaired) electrons. The van der Waals surface area contributed by atoms with Crippen molar-refractivity contribution in [1.82, 2.24) is 4.57 Å². The first-order valence-electron chi connectivity index (χ1n) is 5.78. The van der Waals surface area contributed by atoms with Crippen molar-refractivity contribution in [2.45, 2.75) is 13.0 Å². The Morgan fingerprint density at radius 3 is 2.61 bits per heavy atom. The predicted molar refractivity (Wildman–Crippen MR) is 70.8 cm³/mol. The van der Waals surface area contributed by atoms with Gasteiger partial charge >= 0.3 is 5.97 Å². The maximum atomic E-state index is 11.2. The molecule has 0 fully saturated rings. The largest absolute Gasteiger partial charge is 0.478 e. The van der Waals surface area contributed by atoms with E-state index in [1.54, 1.807) is 18.3 Å². The van der Waals surface area contributed by atoms with Gasteiger partial charge in [-0.15, -0.1) is 6.58 Å². The molecule has 0 saturated carbocycles. The highest BCUT2D eigenvalue weighted by atomic mass is 16.4. The molecule has 1 aromatic heterocycles. The Kier molecular flexibility index (Phi) is 3.63. The van der Waals surface area contributed by atoms with Gasteiger partial charge in [-0.3, -0.25) is 0 Å². The first-order chi connectivity index (χ1) is 8.72. The lowest BCUT2D eigenvalue weighted by Gasteiger charge is -2.08. The summed E-state index contributed by atoms with van der Waals surface area (Å²) in [6.45, 7) is 4.31. The lowest BCUT2D eigenvalue weighted by molar-refractivity contribution is 0.0695. The summed E-state index contributed by atoms with van der Waals surface area (Å²) in [6, 6.07) is 11.5. The number of rotatable bonds is 5. The highest BCUT2D eigenvalue weighted by molar-refractivity contribution is 5.89. The van der Waals surface area contributed by atoms with Crippen LogP contribution in [0.4, 0.5) is 0 Å². The van der Waals surface area contributed by atoms with E-state index < -0.39 is 5.97 Å². The van der Waals surface area contributed by atoms with Gasteiger partial charge in [0.15, 0.2) is 0 Å². The van der Waals surface area contributed by atoms with E-state index in [2.05, 4.69) is 6.58 Å². The van der Waals surface area contributed by atoms with Crippen molar-refractivity contribution in [3.8, 4) is 0 Å². The molecule has 0 atom stereocenters. The second kappa shape index (κ2) is 5.36. The SMILES string of the molecule is C=CCn1ccc(C(=O)O)c1Cc1ccccc1. The second-order valence-corrected chi connectivity index (χ2v) is 4.08. The zero-order chi connectivity index (χ0) is 13.0. The minimum Gasteiger partial charge on any atom is -0.478 e. The van der Waals surface area contributed by atoms with Crippen molar-refractivity contribution < 1.29 is 9.90 Å². The lowest BCUT2D eigenvalue weighted by atomic mass is 10.1. The summed E-state index contributed by atoms with van der Waals surface area (Å²) in [5, 5.41) is 9.19. The van der Waals surface area contributed by atoms with E-state index in [1.807, 2.05) is 34.9 Å².